The molecule has 0 aliphatic heterocycles. The number of hydrogen-bond donors (Lipinski definition) is 2. The van der Waals surface area contributed by atoms with Gasteiger partial charge in [-0.2, -0.15) is 0 Å². The first-order chi connectivity index (χ1) is 11.2. The first kappa shape index (κ1) is 19.5. The van der Waals surface area contributed by atoms with Gasteiger partial charge in [0.15, 0.2) is 12.7 Å². The van der Waals surface area contributed by atoms with Gasteiger partial charge in [-0.25, -0.2) is 9.59 Å². The molecule has 0 aliphatic rings. The van der Waals surface area contributed by atoms with E-state index < -0.39 is 36.2 Å². The number of amides is 3. The maximum atomic E-state index is 12.0. The van der Waals surface area contributed by atoms with Crippen LogP contribution in [0.4, 0.5) is 4.79 Å². The second-order valence-electron chi connectivity index (χ2n) is 6.19. The second kappa shape index (κ2) is 8.90. The lowest BCUT2D eigenvalue weighted by Gasteiger charge is -2.20. The lowest BCUT2D eigenvalue weighted by Crippen LogP contribution is -2.49. The third-order valence-electron chi connectivity index (χ3n) is 2.74. The summed E-state index contributed by atoms with van der Waals surface area (Å²) >= 11 is 0. The van der Waals surface area contributed by atoms with Gasteiger partial charge in [0, 0.05) is 5.54 Å². The highest BCUT2D eigenvalue weighted by Crippen LogP contribution is 2.13. The Morgan fingerprint density at radius 1 is 1.12 bits per heavy atom. The molecule has 0 heterocycles. The summed E-state index contributed by atoms with van der Waals surface area (Å²) in [6.07, 6.45) is -0.427. The summed E-state index contributed by atoms with van der Waals surface area (Å²) in [4.78, 5) is 35.1. The van der Waals surface area contributed by atoms with Gasteiger partial charge < -0.3 is 14.8 Å². The van der Waals surface area contributed by atoms with E-state index >= 15 is 0 Å². The van der Waals surface area contributed by atoms with Crippen LogP contribution in [0.5, 0.6) is 5.75 Å². The number of benzene rings is 1. The Bertz CT molecular complexity index is 566. The van der Waals surface area contributed by atoms with Crippen molar-refractivity contribution in [1.29, 1.82) is 0 Å². The summed E-state index contributed by atoms with van der Waals surface area (Å²) in [5.41, 5.74) is -0.474. The van der Waals surface area contributed by atoms with E-state index in [1.807, 2.05) is 6.07 Å². The molecule has 0 radical (unpaired) electrons. The molecule has 1 aromatic carbocycles. The Labute approximate surface area is 141 Å². The van der Waals surface area contributed by atoms with Gasteiger partial charge in [-0.15, -0.1) is 0 Å². The molecule has 0 bridgehead atoms. The average molecular weight is 336 g/mol. The molecule has 132 valence electrons. The maximum absolute atomic E-state index is 12.0. The van der Waals surface area contributed by atoms with E-state index in [1.165, 1.54) is 0 Å². The van der Waals surface area contributed by atoms with E-state index in [2.05, 4.69) is 10.6 Å². The lowest BCUT2D eigenvalue weighted by atomic mass is 10.1. The largest absolute Gasteiger partial charge is 0.479 e. The molecule has 0 saturated heterocycles. The topological polar surface area (TPSA) is 93.7 Å². The number of para-hydroxylation sites is 1. The van der Waals surface area contributed by atoms with Crippen LogP contribution >= 0.6 is 0 Å². The minimum atomic E-state index is -0.816. The number of carbonyl (C=O) groups is 3. The van der Waals surface area contributed by atoms with Gasteiger partial charge in [-0.3, -0.25) is 10.1 Å². The summed E-state index contributed by atoms with van der Waals surface area (Å²) in [6.45, 7) is 6.56. The van der Waals surface area contributed by atoms with Crippen molar-refractivity contribution >= 4 is 17.9 Å². The predicted molar refractivity (Wildman–Crippen MR) is 88.5 cm³/mol. The molecule has 7 nitrogen and oxygen atoms in total. The number of carbonyl (C=O) groups excluding carboxylic acids is 3. The van der Waals surface area contributed by atoms with Crippen molar-refractivity contribution in [3.8, 4) is 5.75 Å². The minimum absolute atomic E-state index is 0.389. The van der Waals surface area contributed by atoms with Gasteiger partial charge in [0.2, 0.25) is 0 Å². The first-order valence-corrected chi connectivity index (χ1v) is 7.71. The normalized spacial score (nSPS) is 12.0. The van der Waals surface area contributed by atoms with Gasteiger partial charge in [-0.05, 0) is 39.3 Å². The average Bonchev–Trinajstić information content (AvgIpc) is 2.49. The van der Waals surface area contributed by atoms with Crippen LogP contribution in [0.15, 0.2) is 30.3 Å². The van der Waals surface area contributed by atoms with Crippen molar-refractivity contribution in [2.45, 2.75) is 45.8 Å². The molecule has 0 fully saturated rings. The van der Waals surface area contributed by atoms with Crippen LogP contribution in [0.1, 0.15) is 34.1 Å². The van der Waals surface area contributed by atoms with E-state index in [-0.39, 0.29) is 0 Å². The number of imide groups is 1. The quantitative estimate of drug-likeness (QED) is 0.775. The highest BCUT2D eigenvalue weighted by molar-refractivity contribution is 5.95. The van der Waals surface area contributed by atoms with Crippen molar-refractivity contribution < 1.29 is 23.9 Å². The smallest absolute Gasteiger partial charge is 0.347 e. The van der Waals surface area contributed by atoms with E-state index in [4.69, 9.17) is 9.47 Å². The summed E-state index contributed by atoms with van der Waals surface area (Å²) < 4.78 is 10.4. The number of nitrogens with one attached hydrogen (secondary N) is 2. The zero-order valence-corrected chi connectivity index (χ0v) is 14.4. The second-order valence-corrected chi connectivity index (χ2v) is 6.19. The van der Waals surface area contributed by atoms with Crippen LogP contribution in [0.2, 0.25) is 0 Å². The summed E-state index contributed by atoms with van der Waals surface area (Å²) in [7, 11) is 0. The molecular formula is C17H24N2O5. The fraction of sp³-hybridized carbons (Fsp3) is 0.471. The third-order valence-corrected chi connectivity index (χ3v) is 2.74. The van der Waals surface area contributed by atoms with Crippen LogP contribution in [0.25, 0.3) is 0 Å². The van der Waals surface area contributed by atoms with Crippen molar-refractivity contribution in [1.82, 2.24) is 10.6 Å². The summed E-state index contributed by atoms with van der Waals surface area (Å²) in [6, 6.07) is 8.21. The molecule has 3 amide bonds. The fourth-order valence-corrected chi connectivity index (χ4v) is 1.73. The summed E-state index contributed by atoms with van der Waals surface area (Å²) in [5, 5.41) is 4.66. The third kappa shape index (κ3) is 7.62. The molecule has 2 N–H and O–H groups in total. The molecule has 1 aromatic rings. The van der Waals surface area contributed by atoms with Crippen LogP contribution in [0.3, 0.4) is 0 Å². The highest BCUT2D eigenvalue weighted by Gasteiger charge is 2.22. The Morgan fingerprint density at radius 2 is 1.75 bits per heavy atom. The van der Waals surface area contributed by atoms with Crippen LogP contribution in [-0.4, -0.2) is 36.2 Å². The molecule has 1 rings (SSSR count). The monoisotopic (exact) mass is 336 g/mol. The van der Waals surface area contributed by atoms with Crippen LogP contribution in [0, 0.1) is 0 Å². The molecular weight excluding hydrogens is 312 g/mol. The number of urea groups is 1. The Hall–Kier alpha value is -2.57. The predicted octanol–water partition coefficient (Wildman–Crippen LogP) is 2.01. The highest BCUT2D eigenvalue weighted by atomic mass is 16.6. The molecule has 0 aromatic heterocycles. The molecule has 0 aliphatic carbocycles. The molecule has 0 unspecified atom stereocenters. The molecule has 0 spiro atoms. The number of esters is 1. The van der Waals surface area contributed by atoms with E-state index in [9.17, 15) is 14.4 Å². The fourth-order valence-electron chi connectivity index (χ4n) is 1.73. The van der Waals surface area contributed by atoms with Gasteiger partial charge in [0.1, 0.15) is 5.75 Å². The number of rotatable bonds is 6. The Balaban J connectivity index is 2.43. The van der Waals surface area contributed by atoms with Gasteiger partial charge >= 0.3 is 12.0 Å². The standard InChI is InChI=1S/C17H24N2O5/c1-5-13(24-12-9-7-6-8-10-12)15(21)23-11-14(20)18-16(22)19-17(2,3)4/h6-10,13H,5,11H2,1-4H3,(H2,18,19,20,22)/t13-/m0/s1. The van der Waals surface area contributed by atoms with E-state index in [0.29, 0.717) is 12.2 Å². The number of hydrogen-bond acceptors (Lipinski definition) is 5. The SMILES string of the molecule is CC[C@H](Oc1ccccc1)C(=O)OCC(=O)NC(=O)NC(C)(C)C. The van der Waals surface area contributed by atoms with Gasteiger partial charge in [0.05, 0.1) is 0 Å². The van der Waals surface area contributed by atoms with Crippen LogP contribution in [-0.2, 0) is 14.3 Å². The van der Waals surface area contributed by atoms with Gasteiger partial charge in [0.25, 0.3) is 5.91 Å². The minimum Gasteiger partial charge on any atom is -0.479 e. The van der Waals surface area contributed by atoms with Crippen LogP contribution < -0.4 is 15.4 Å². The zero-order chi connectivity index (χ0) is 18.2. The van der Waals surface area contributed by atoms with E-state index in [0.717, 1.165) is 0 Å². The van der Waals surface area contributed by atoms with Crippen molar-refractivity contribution in [3.63, 3.8) is 0 Å². The molecule has 1 atom stereocenters. The number of ether oxygens (including phenoxy) is 2. The maximum Gasteiger partial charge on any atom is 0.347 e. The first-order valence-electron chi connectivity index (χ1n) is 7.71. The Morgan fingerprint density at radius 3 is 2.29 bits per heavy atom. The Kier molecular flexibility index (Phi) is 7.23. The van der Waals surface area contributed by atoms with Crippen molar-refractivity contribution in [3.05, 3.63) is 30.3 Å². The van der Waals surface area contributed by atoms with Crippen molar-refractivity contribution in [2.24, 2.45) is 0 Å². The molecule has 7 heteroatoms. The lowest BCUT2D eigenvalue weighted by molar-refractivity contribution is -0.155. The molecule has 24 heavy (non-hydrogen) atoms. The molecule has 0 saturated carbocycles. The van der Waals surface area contributed by atoms with Gasteiger partial charge in [-0.1, -0.05) is 25.1 Å². The van der Waals surface area contributed by atoms with E-state index in [1.54, 1.807) is 52.0 Å². The zero-order valence-electron chi connectivity index (χ0n) is 14.4. The summed E-state index contributed by atoms with van der Waals surface area (Å²) in [5.74, 6) is -0.831. The van der Waals surface area contributed by atoms with Crippen molar-refractivity contribution in [2.75, 3.05) is 6.61 Å².